The first-order valence-corrected chi connectivity index (χ1v) is 11.0. The zero-order chi connectivity index (χ0) is 23.5. The van der Waals surface area contributed by atoms with Crippen molar-refractivity contribution in [2.75, 3.05) is 19.4 Å². The van der Waals surface area contributed by atoms with Crippen molar-refractivity contribution in [3.63, 3.8) is 0 Å². The maximum absolute atomic E-state index is 12.4. The van der Waals surface area contributed by atoms with E-state index in [1.807, 2.05) is 0 Å². The Kier molecular flexibility index (Phi) is 6.70. The molecule has 2 N–H and O–H groups in total. The molecule has 2 aromatic carbocycles. The number of hydrogen-bond donors (Lipinski definition) is 2. The van der Waals surface area contributed by atoms with Gasteiger partial charge in [0.2, 0.25) is 10.0 Å². The molecule has 0 saturated carbocycles. The molecule has 0 spiro atoms. The van der Waals surface area contributed by atoms with E-state index in [1.165, 1.54) is 45.3 Å². The van der Waals surface area contributed by atoms with E-state index in [1.54, 1.807) is 24.3 Å². The van der Waals surface area contributed by atoms with Gasteiger partial charge in [0.1, 0.15) is 0 Å². The number of amides is 1. The molecule has 0 aliphatic carbocycles. The normalized spacial score (nSPS) is 12.5. The summed E-state index contributed by atoms with van der Waals surface area (Å²) in [6.07, 6.45) is -1.39. The minimum Gasteiger partial charge on any atom is -0.452 e. The van der Waals surface area contributed by atoms with Crippen molar-refractivity contribution < 1.29 is 22.7 Å². The lowest BCUT2D eigenvalue weighted by atomic mass is 10.1. The van der Waals surface area contributed by atoms with Crippen LogP contribution in [0.2, 0.25) is 0 Å². The standard InChI is InChI=1S/C21H22N4O6S/c1-13(20(27)22-14-7-6-8-15(11-14)32(29,30)25(2)3)31-19(26)12-18-16-9-4-5-10-17(16)21(28)24-23-18/h4-11,13H,12H2,1-3H3,(H,22,27)(H,24,28). The van der Waals surface area contributed by atoms with Crippen molar-refractivity contribution in [1.29, 1.82) is 0 Å². The molecule has 168 valence electrons. The number of aromatic nitrogens is 2. The van der Waals surface area contributed by atoms with Gasteiger partial charge in [-0.3, -0.25) is 14.4 Å². The van der Waals surface area contributed by atoms with Gasteiger partial charge in [0.25, 0.3) is 11.5 Å². The van der Waals surface area contributed by atoms with Crippen LogP contribution in [0.25, 0.3) is 10.8 Å². The Morgan fingerprint density at radius 1 is 1.12 bits per heavy atom. The summed E-state index contributed by atoms with van der Waals surface area (Å²) in [5.41, 5.74) is 0.192. The smallest absolute Gasteiger partial charge is 0.312 e. The Labute approximate surface area is 184 Å². The van der Waals surface area contributed by atoms with Crippen LogP contribution >= 0.6 is 0 Å². The van der Waals surface area contributed by atoms with Gasteiger partial charge >= 0.3 is 5.97 Å². The number of carbonyl (C=O) groups excluding carboxylic acids is 2. The van der Waals surface area contributed by atoms with E-state index in [-0.39, 0.29) is 22.6 Å². The topological polar surface area (TPSA) is 139 Å². The van der Waals surface area contributed by atoms with Crippen LogP contribution in [0.3, 0.4) is 0 Å². The van der Waals surface area contributed by atoms with Crippen molar-refractivity contribution in [3.05, 3.63) is 64.6 Å². The van der Waals surface area contributed by atoms with E-state index in [0.29, 0.717) is 16.5 Å². The molecule has 1 heterocycles. The third kappa shape index (κ3) is 5.01. The Morgan fingerprint density at radius 3 is 2.50 bits per heavy atom. The molecule has 11 heteroatoms. The largest absolute Gasteiger partial charge is 0.452 e. The second-order valence-electron chi connectivity index (χ2n) is 7.16. The van der Waals surface area contributed by atoms with Crippen LogP contribution in [0.4, 0.5) is 5.69 Å². The highest BCUT2D eigenvalue weighted by Crippen LogP contribution is 2.18. The molecule has 3 aromatic rings. The summed E-state index contributed by atoms with van der Waals surface area (Å²) in [5, 5.41) is 9.70. The first-order chi connectivity index (χ1) is 15.1. The summed E-state index contributed by atoms with van der Waals surface area (Å²) < 4.78 is 30.8. The number of carbonyl (C=O) groups is 2. The van der Waals surface area contributed by atoms with Gasteiger partial charge in [0.15, 0.2) is 6.10 Å². The van der Waals surface area contributed by atoms with Gasteiger partial charge < -0.3 is 10.1 Å². The molecule has 0 aliphatic rings. The molecule has 0 saturated heterocycles. The quantitative estimate of drug-likeness (QED) is 0.509. The average Bonchev–Trinajstić information content (AvgIpc) is 2.76. The van der Waals surface area contributed by atoms with Crippen LogP contribution in [0.1, 0.15) is 12.6 Å². The Balaban J connectivity index is 1.67. The van der Waals surface area contributed by atoms with Gasteiger partial charge in [-0.1, -0.05) is 24.3 Å². The number of nitrogens with zero attached hydrogens (tertiary/aromatic N) is 2. The summed E-state index contributed by atoms with van der Waals surface area (Å²) in [6, 6.07) is 12.5. The number of ether oxygens (including phenoxy) is 1. The highest BCUT2D eigenvalue weighted by Gasteiger charge is 2.21. The molecule has 1 aromatic heterocycles. The van der Waals surface area contributed by atoms with Crippen LogP contribution in [0.15, 0.2) is 58.2 Å². The number of hydrogen-bond acceptors (Lipinski definition) is 7. The summed E-state index contributed by atoms with van der Waals surface area (Å²) >= 11 is 0. The van der Waals surface area contributed by atoms with Crippen molar-refractivity contribution in [1.82, 2.24) is 14.5 Å². The molecule has 0 fully saturated rings. The van der Waals surface area contributed by atoms with Gasteiger partial charge in [-0.05, 0) is 31.2 Å². The Hall–Kier alpha value is -3.57. The lowest BCUT2D eigenvalue weighted by Crippen LogP contribution is -2.31. The molecule has 3 rings (SSSR count). The van der Waals surface area contributed by atoms with Gasteiger partial charge in [-0.25, -0.2) is 17.8 Å². The summed E-state index contributed by atoms with van der Waals surface area (Å²) in [6.45, 7) is 1.39. The average molecular weight is 458 g/mol. The van der Waals surface area contributed by atoms with Crippen LogP contribution in [0, 0.1) is 0 Å². The number of aromatic amines is 1. The number of rotatable bonds is 7. The number of esters is 1. The number of fused-ring (bicyclic) bond motifs is 1. The fourth-order valence-corrected chi connectivity index (χ4v) is 3.87. The molecular weight excluding hydrogens is 436 g/mol. The second kappa shape index (κ2) is 9.28. The monoisotopic (exact) mass is 458 g/mol. The minimum absolute atomic E-state index is 0.0148. The molecular formula is C21H22N4O6S. The van der Waals surface area contributed by atoms with E-state index in [9.17, 15) is 22.8 Å². The first kappa shape index (κ1) is 23.1. The van der Waals surface area contributed by atoms with Crippen LogP contribution in [-0.4, -0.2) is 55.0 Å². The van der Waals surface area contributed by atoms with E-state index in [2.05, 4.69) is 15.5 Å². The molecule has 1 unspecified atom stereocenters. The molecule has 32 heavy (non-hydrogen) atoms. The molecule has 1 atom stereocenters. The predicted molar refractivity (Wildman–Crippen MR) is 118 cm³/mol. The van der Waals surface area contributed by atoms with Crippen molar-refractivity contribution >= 4 is 38.4 Å². The SMILES string of the molecule is CC(OC(=O)Cc1n[nH]c(=O)c2ccccc12)C(=O)Nc1cccc(S(=O)(=O)N(C)C)c1. The van der Waals surface area contributed by atoms with E-state index < -0.39 is 28.0 Å². The van der Waals surface area contributed by atoms with Gasteiger partial charge in [0, 0.05) is 25.2 Å². The van der Waals surface area contributed by atoms with Gasteiger partial charge in [-0.2, -0.15) is 5.10 Å². The fraction of sp³-hybridized carbons (Fsp3) is 0.238. The maximum Gasteiger partial charge on any atom is 0.312 e. The highest BCUT2D eigenvalue weighted by atomic mass is 32.2. The van der Waals surface area contributed by atoms with Gasteiger partial charge in [-0.15, -0.1) is 0 Å². The zero-order valence-corrected chi connectivity index (χ0v) is 18.5. The fourth-order valence-electron chi connectivity index (χ4n) is 2.92. The Morgan fingerprint density at radius 2 is 1.81 bits per heavy atom. The van der Waals surface area contributed by atoms with E-state index >= 15 is 0 Å². The molecule has 0 bridgehead atoms. The molecule has 0 aliphatic heterocycles. The van der Waals surface area contributed by atoms with Gasteiger partial charge in [0.05, 0.1) is 22.4 Å². The predicted octanol–water partition coefficient (Wildman–Crippen LogP) is 1.29. The minimum atomic E-state index is -3.67. The molecule has 0 radical (unpaired) electrons. The molecule has 10 nitrogen and oxygen atoms in total. The van der Waals surface area contributed by atoms with E-state index in [4.69, 9.17) is 4.74 Å². The van der Waals surface area contributed by atoms with Crippen LogP contribution in [-0.2, 0) is 30.8 Å². The third-order valence-electron chi connectivity index (χ3n) is 4.64. The van der Waals surface area contributed by atoms with E-state index in [0.717, 1.165) is 4.31 Å². The van der Waals surface area contributed by atoms with Crippen molar-refractivity contribution in [2.45, 2.75) is 24.3 Å². The lowest BCUT2D eigenvalue weighted by molar-refractivity contribution is -0.152. The first-order valence-electron chi connectivity index (χ1n) is 9.59. The number of sulfonamides is 1. The Bertz CT molecular complexity index is 1330. The number of benzene rings is 2. The second-order valence-corrected chi connectivity index (χ2v) is 9.31. The van der Waals surface area contributed by atoms with Crippen molar-refractivity contribution in [3.8, 4) is 0 Å². The van der Waals surface area contributed by atoms with Crippen LogP contribution < -0.4 is 10.9 Å². The summed E-state index contributed by atoms with van der Waals surface area (Å²) in [7, 11) is -0.855. The van der Waals surface area contributed by atoms with Crippen LogP contribution in [0.5, 0.6) is 0 Å². The highest BCUT2D eigenvalue weighted by molar-refractivity contribution is 7.89. The summed E-state index contributed by atoms with van der Waals surface area (Å²) in [4.78, 5) is 36.7. The lowest BCUT2D eigenvalue weighted by Gasteiger charge is -2.15. The maximum atomic E-state index is 12.4. The third-order valence-corrected chi connectivity index (χ3v) is 6.46. The van der Waals surface area contributed by atoms with Crippen molar-refractivity contribution in [2.24, 2.45) is 0 Å². The molecule has 1 amide bonds. The number of nitrogens with one attached hydrogen (secondary N) is 2. The zero-order valence-electron chi connectivity index (χ0n) is 17.7. The number of anilines is 1. The number of H-pyrrole nitrogens is 1. The summed E-state index contributed by atoms with van der Waals surface area (Å²) in [5.74, 6) is -1.33.